The molecular weight excluding hydrogens is 484 g/mol. The molecule has 3 heterocycles. The van der Waals surface area contributed by atoms with Crippen molar-refractivity contribution in [3.63, 3.8) is 0 Å². The van der Waals surface area contributed by atoms with Crippen molar-refractivity contribution in [1.29, 1.82) is 0 Å². The third-order valence-corrected chi connectivity index (χ3v) is 7.19. The third-order valence-electron chi connectivity index (χ3n) is 6.94. The molecule has 186 valence electrons. The number of halogens is 1. The predicted molar refractivity (Wildman–Crippen MR) is 147 cm³/mol. The molecule has 2 aromatic heterocycles. The maximum Gasteiger partial charge on any atom is 0.168 e. The van der Waals surface area contributed by atoms with Gasteiger partial charge < -0.3 is 9.64 Å². The Kier molecular flexibility index (Phi) is 6.47. The molecule has 1 aliphatic heterocycles. The maximum absolute atomic E-state index is 6.19. The van der Waals surface area contributed by atoms with E-state index in [0.717, 1.165) is 59.5 Å². The van der Waals surface area contributed by atoms with Gasteiger partial charge in [0.2, 0.25) is 0 Å². The van der Waals surface area contributed by atoms with Gasteiger partial charge in [0.25, 0.3) is 0 Å². The van der Waals surface area contributed by atoms with Gasteiger partial charge in [-0.2, -0.15) is 5.10 Å². The minimum absolute atomic E-state index is 0.170. The Hall–Kier alpha value is -3.94. The Labute approximate surface area is 220 Å². The number of hydrogen-bond acceptors (Lipinski definition) is 6. The van der Waals surface area contributed by atoms with Gasteiger partial charge in [-0.1, -0.05) is 54.1 Å². The van der Waals surface area contributed by atoms with Gasteiger partial charge in [0.1, 0.15) is 17.9 Å². The van der Waals surface area contributed by atoms with Crippen LogP contribution in [0.15, 0.2) is 91.4 Å². The van der Waals surface area contributed by atoms with E-state index in [2.05, 4.69) is 67.3 Å². The van der Waals surface area contributed by atoms with Crippen molar-refractivity contribution in [3.05, 3.63) is 108 Å². The van der Waals surface area contributed by atoms with Gasteiger partial charge in [-0.15, -0.1) is 0 Å². The predicted octanol–water partition coefficient (Wildman–Crippen LogP) is 5.39. The molecule has 37 heavy (non-hydrogen) atoms. The summed E-state index contributed by atoms with van der Waals surface area (Å²) in [5.41, 5.74) is 4.25. The van der Waals surface area contributed by atoms with E-state index in [1.165, 1.54) is 11.1 Å². The van der Waals surface area contributed by atoms with Crippen molar-refractivity contribution in [1.82, 2.24) is 24.6 Å². The zero-order chi connectivity index (χ0) is 25.2. The summed E-state index contributed by atoms with van der Waals surface area (Å²) in [5, 5.41) is 6.33. The SMILES string of the molecule is COc1ccc(-n2ncc3c(N4CCN([C@@H](c5ccccc5)c5ccc(Cl)cc5)CC4)ncnc32)cc1. The Morgan fingerprint density at radius 3 is 2.22 bits per heavy atom. The molecule has 5 aromatic rings. The monoisotopic (exact) mass is 510 g/mol. The van der Waals surface area contributed by atoms with Crippen molar-refractivity contribution in [2.75, 3.05) is 38.2 Å². The number of hydrogen-bond donors (Lipinski definition) is 0. The van der Waals surface area contributed by atoms with Crippen LogP contribution in [0.1, 0.15) is 17.2 Å². The van der Waals surface area contributed by atoms with Crippen LogP contribution in [0.2, 0.25) is 5.02 Å². The third kappa shape index (κ3) is 4.63. The zero-order valence-corrected chi connectivity index (χ0v) is 21.3. The summed E-state index contributed by atoms with van der Waals surface area (Å²) < 4.78 is 7.14. The topological polar surface area (TPSA) is 59.3 Å². The van der Waals surface area contributed by atoms with Crippen molar-refractivity contribution in [2.45, 2.75) is 6.04 Å². The highest BCUT2D eigenvalue weighted by molar-refractivity contribution is 6.30. The van der Waals surface area contributed by atoms with Gasteiger partial charge in [-0.05, 0) is 47.5 Å². The number of benzene rings is 3. The number of fused-ring (bicyclic) bond motifs is 1. The summed E-state index contributed by atoms with van der Waals surface area (Å²) in [6, 6.07) is 26.9. The van der Waals surface area contributed by atoms with Gasteiger partial charge in [0.15, 0.2) is 5.65 Å². The molecule has 0 radical (unpaired) electrons. The zero-order valence-electron chi connectivity index (χ0n) is 20.5. The van der Waals surface area contributed by atoms with Crippen LogP contribution in [0.25, 0.3) is 16.7 Å². The Bertz CT molecular complexity index is 1480. The molecule has 1 fully saturated rings. The van der Waals surface area contributed by atoms with E-state index in [9.17, 15) is 0 Å². The molecule has 7 nitrogen and oxygen atoms in total. The van der Waals surface area contributed by atoms with Crippen LogP contribution in [-0.2, 0) is 0 Å². The van der Waals surface area contributed by atoms with E-state index in [1.807, 2.05) is 47.3 Å². The molecule has 8 heteroatoms. The summed E-state index contributed by atoms with van der Waals surface area (Å²) >= 11 is 6.19. The second-order valence-corrected chi connectivity index (χ2v) is 9.51. The molecule has 0 N–H and O–H groups in total. The van der Waals surface area contributed by atoms with Crippen LogP contribution in [0.5, 0.6) is 5.75 Å². The van der Waals surface area contributed by atoms with Gasteiger partial charge >= 0.3 is 0 Å². The average molecular weight is 511 g/mol. The molecule has 1 saturated heterocycles. The number of anilines is 1. The van der Waals surface area contributed by atoms with E-state index < -0.39 is 0 Å². The fourth-order valence-electron chi connectivity index (χ4n) is 5.08. The minimum atomic E-state index is 0.170. The molecule has 0 unspecified atom stereocenters. The van der Waals surface area contributed by atoms with E-state index >= 15 is 0 Å². The minimum Gasteiger partial charge on any atom is -0.497 e. The van der Waals surface area contributed by atoms with Crippen molar-refractivity contribution in [3.8, 4) is 11.4 Å². The number of methoxy groups -OCH3 is 1. The highest BCUT2D eigenvalue weighted by Crippen LogP contribution is 2.32. The first-order valence-electron chi connectivity index (χ1n) is 12.3. The average Bonchev–Trinajstić information content (AvgIpc) is 3.40. The first-order chi connectivity index (χ1) is 18.2. The Balaban J connectivity index is 1.25. The molecule has 0 saturated carbocycles. The van der Waals surface area contributed by atoms with Crippen LogP contribution in [-0.4, -0.2) is 57.9 Å². The largest absolute Gasteiger partial charge is 0.497 e. The van der Waals surface area contributed by atoms with E-state index in [1.54, 1.807) is 13.4 Å². The van der Waals surface area contributed by atoms with Crippen LogP contribution >= 0.6 is 11.6 Å². The summed E-state index contributed by atoms with van der Waals surface area (Å²) in [4.78, 5) is 14.1. The number of piperazine rings is 1. The molecule has 1 aliphatic rings. The van der Waals surface area contributed by atoms with E-state index in [0.29, 0.717) is 0 Å². The lowest BCUT2D eigenvalue weighted by Crippen LogP contribution is -2.48. The fourth-order valence-corrected chi connectivity index (χ4v) is 5.21. The Morgan fingerprint density at radius 2 is 1.51 bits per heavy atom. The lowest BCUT2D eigenvalue weighted by Gasteiger charge is -2.40. The van der Waals surface area contributed by atoms with Crippen LogP contribution in [0.4, 0.5) is 5.82 Å². The molecule has 1 atom stereocenters. The molecular formula is C29H27ClN6O. The Morgan fingerprint density at radius 1 is 0.811 bits per heavy atom. The standard InChI is InChI=1S/C29H27ClN6O/c1-37-25-13-11-24(12-14-25)36-29-26(19-33-36)28(31-20-32-29)35-17-15-34(16-18-35)27(21-5-3-2-4-6-21)22-7-9-23(30)10-8-22/h2-14,19-20,27H,15-18H2,1H3/t27-/m0/s1. The molecule has 0 bridgehead atoms. The molecule has 0 spiro atoms. The molecule has 0 aliphatic carbocycles. The van der Waals surface area contributed by atoms with Crippen molar-refractivity contribution >= 4 is 28.5 Å². The van der Waals surface area contributed by atoms with Crippen LogP contribution < -0.4 is 9.64 Å². The maximum atomic E-state index is 6.19. The highest BCUT2D eigenvalue weighted by Gasteiger charge is 2.28. The van der Waals surface area contributed by atoms with Crippen molar-refractivity contribution < 1.29 is 4.74 Å². The highest BCUT2D eigenvalue weighted by atomic mass is 35.5. The summed E-state index contributed by atoms with van der Waals surface area (Å²) in [6.45, 7) is 3.52. The van der Waals surface area contributed by atoms with Crippen LogP contribution in [0.3, 0.4) is 0 Å². The van der Waals surface area contributed by atoms with Gasteiger partial charge in [-0.3, -0.25) is 4.90 Å². The first-order valence-corrected chi connectivity index (χ1v) is 12.7. The first kappa shape index (κ1) is 23.5. The van der Waals surface area contributed by atoms with E-state index in [4.69, 9.17) is 16.3 Å². The van der Waals surface area contributed by atoms with Gasteiger partial charge in [0.05, 0.1) is 30.4 Å². The molecule has 0 amide bonds. The molecule has 6 rings (SSSR count). The summed E-state index contributed by atoms with van der Waals surface area (Å²) in [5.74, 6) is 1.73. The number of rotatable bonds is 6. The van der Waals surface area contributed by atoms with E-state index in [-0.39, 0.29) is 6.04 Å². The molecule has 3 aromatic carbocycles. The second-order valence-electron chi connectivity index (χ2n) is 9.08. The summed E-state index contributed by atoms with van der Waals surface area (Å²) in [6.07, 6.45) is 3.49. The van der Waals surface area contributed by atoms with Crippen LogP contribution in [0, 0.1) is 0 Å². The second kappa shape index (κ2) is 10.2. The van der Waals surface area contributed by atoms with Gasteiger partial charge in [-0.25, -0.2) is 14.6 Å². The van der Waals surface area contributed by atoms with Crippen molar-refractivity contribution in [2.24, 2.45) is 0 Å². The number of ether oxygens (including phenoxy) is 1. The number of aromatic nitrogens is 4. The lowest BCUT2D eigenvalue weighted by atomic mass is 9.96. The fraction of sp³-hybridized carbons (Fsp3) is 0.207. The summed E-state index contributed by atoms with van der Waals surface area (Å²) in [7, 11) is 1.66. The number of nitrogens with zero attached hydrogens (tertiary/aromatic N) is 6. The van der Waals surface area contributed by atoms with Gasteiger partial charge in [0, 0.05) is 31.2 Å². The smallest absolute Gasteiger partial charge is 0.168 e. The quantitative estimate of drug-likeness (QED) is 0.305. The lowest BCUT2D eigenvalue weighted by molar-refractivity contribution is 0.212. The normalized spacial score (nSPS) is 15.1.